The van der Waals surface area contributed by atoms with Gasteiger partial charge < -0.3 is 19.3 Å². The van der Waals surface area contributed by atoms with Crippen molar-refractivity contribution >= 4 is 17.5 Å². The minimum atomic E-state index is 0.208. The summed E-state index contributed by atoms with van der Waals surface area (Å²) < 4.78 is 13.8. The highest BCUT2D eigenvalue weighted by Crippen LogP contribution is 2.32. The van der Waals surface area contributed by atoms with E-state index in [-0.39, 0.29) is 11.8 Å². The topological polar surface area (TPSA) is 74.6 Å². The van der Waals surface area contributed by atoms with Crippen molar-refractivity contribution in [2.45, 2.75) is 64.8 Å². The Morgan fingerprint density at radius 3 is 2.52 bits per heavy atom. The third-order valence-electron chi connectivity index (χ3n) is 8.77. The highest BCUT2D eigenvalue weighted by atomic mass is 16.5. The fourth-order valence-electron chi connectivity index (χ4n) is 6.14. The zero-order chi connectivity index (χ0) is 27.5. The van der Waals surface area contributed by atoms with E-state index in [2.05, 4.69) is 88.1 Å². The second kappa shape index (κ2) is 11.9. The van der Waals surface area contributed by atoms with Gasteiger partial charge in [-0.25, -0.2) is 0 Å². The van der Waals surface area contributed by atoms with Crippen LogP contribution in [0.3, 0.4) is 0 Å². The van der Waals surface area contributed by atoms with Gasteiger partial charge in [0.05, 0.1) is 12.5 Å². The first-order valence-electron chi connectivity index (χ1n) is 14.9. The lowest BCUT2D eigenvalue weighted by molar-refractivity contribution is -0.557. The zero-order valence-electron chi connectivity index (χ0n) is 23.8. The van der Waals surface area contributed by atoms with Gasteiger partial charge in [0.1, 0.15) is 5.75 Å². The molecule has 2 aliphatic heterocycles. The Morgan fingerprint density at radius 1 is 1.05 bits per heavy atom. The van der Waals surface area contributed by atoms with E-state index in [0.717, 1.165) is 82.9 Å². The highest BCUT2D eigenvalue weighted by Gasteiger charge is 2.30. The molecule has 40 heavy (non-hydrogen) atoms. The van der Waals surface area contributed by atoms with E-state index in [9.17, 15) is 5.11 Å². The number of hydrogen-bond acceptors (Lipinski definition) is 5. The molecule has 0 saturated carbocycles. The predicted octanol–water partition coefficient (Wildman–Crippen LogP) is 6.40. The average Bonchev–Trinajstić information content (AvgIpc) is 3.51. The third-order valence-corrected chi connectivity index (χ3v) is 8.77. The predicted molar refractivity (Wildman–Crippen MR) is 157 cm³/mol. The van der Waals surface area contributed by atoms with Crippen LogP contribution in [0.4, 0.5) is 6.01 Å². The molecule has 6 rings (SSSR count). The van der Waals surface area contributed by atoms with Crippen LogP contribution in [0.5, 0.6) is 5.75 Å². The van der Waals surface area contributed by atoms with Crippen molar-refractivity contribution < 1.29 is 18.9 Å². The van der Waals surface area contributed by atoms with Crippen molar-refractivity contribution in [1.82, 2.24) is 10.1 Å². The standard InChI is InChI=1S/C33H40N4O3/c1-23(2)31-34-33(40-35-31)36-18-15-24(16-19-36)22-39-30-13-11-27(12-14-30)26-7-9-28(10-8-26)32(38)37-20-17-25-5-3-4-6-29(25)21-37/h3-7,11-14,23-24,28H,8-10,15-22H2,1-2H3/p+1. The molecule has 0 bridgehead atoms. The molecule has 7 nitrogen and oxygen atoms in total. The molecule has 2 aromatic carbocycles. The lowest BCUT2D eigenvalue weighted by Crippen LogP contribution is -2.35. The molecule has 0 spiro atoms. The van der Waals surface area contributed by atoms with Crippen molar-refractivity contribution in [3.63, 3.8) is 0 Å². The number of anilines is 1. The van der Waals surface area contributed by atoms with Gasteiger partial charge in [-0.3, -0.25) is 0 Å². The first-order valence-corrected chi connectivity index (χ1v) is 14.9. The summed E-state index contributed by atoms with van der Waals surface area (Å²) in [5.74, 6) is 3.27. The monoisotopic (exact) mass is 541 g/mol. The van der Waals surface area contributed by atoms with Gasteiger partial charge >= 0.3 is 11.9 Å². The Bertz CT molecular complexity index is 1370. The number of ether oxygens (including phenoxy) is 1. The minimum absolute atomic E-state index is 0.208. The summed E-state index contributed by atoms with van der Waals surface area (Å²) in [6.07, 6.45) is 8.28. The Kier molecular flexibility index (Phi) is 7.89. The number of rotatable bonds is 7. The van der Waals surface area contributed by atoms with Gasteiger partial charge in [0.2, 0.25) is 0 Å². The molecule has 0 radical (unpaired) electrons. The minimum Gasteiger partial charge on any atom is -0.493 e. The molecule has 3 aromatic rings. The molecule has 3 heterocycles. The molecular weight excluding hydrogens is 500 g/mol. The second-order valence-electron chi connectivity index (χ2n) is 11.9. The van der Waals surface area contributed by atoms with Gasteiger partial charge in [0.25, 0.3) is 0 Å². The highest BCUT2D eigenvalue weighted by molar-refractivity contribution is 5.75. The van der Waals surface area contributed by atoms with Crippen molar-refractivity contribution in [1.29, 1.82) is 0 Å². The molecule has 1 atom stereocenters. The first kappa shape index (κ1) is 26.6. The molecule has 1 fully saturated rings. The number of nitrogens with zero attached hydrogens (tertiary/aromatic N) is 4. The van der Waals surface area contributed by atoms with E-state index in [4.69, 9.17) is 9.26 Å². The van der Waals surface area contributed by atoms with Gasteiger partial charge in [-0.05, 0) is 66.9 Å². The molecule has 7 heteroatoms. The van der Waals surface area contributed by atoms with Crippen LogP contribution in [-0.4, -0.2) is 52.0 Å². The molecule has 0 amide bonds. The summed E-state index contributed by atoms with van der Waals surface area (Å²) >= 11 is 0. The summed E-state index contributed by atoms with van der Waals surface area (Å²) in [4.78, 5) is 6.73. The second-order valence-corrected chi connectivity index (χ2v) is 11.9. The Labute approximate surface area is 237 Å². The normalized spacial score (nSPS) is 21.2. The van der Waals surface area contributed by atoms with Crippen molar-refractivity contribution in [2.24, 2.45) is 11.8 Å². The molecular formula is C33H41N4O3+. The lowest BCUT2D eigenvalue weighted by atomic mass is 9.86. The summed E-state index contributed by atoms with van der Waals surface area (Å²) in [7, 11) is 0. The number of benzene rings is 2. The molecule has 210 valence electrons. The average molecular weight is 542 g/mol. The van der Waals surface area contributed by atoms with Gasteiger partial charge in [-0.15, -0.1) is 0 Å². The number of aliphatic hydroxyl groups is 1. The van der Waals surface area contributed by atoms with Crippen LogP contribution in [0.25, 0.3) is 5.57 Å². The van der Waals surface area contributed by atoms with Crippen molar-refractivity contribution in [3.05, 3.63) is 77.1 Å². The number of piperidine rings is 1. The zero-order valence-corrected chi connectivity index (χ0v) is 23.8. The quantitative estimate of drug-likeness (QED) is 0.276. The van der Waals surface area contributed by atoms with E-state index in [1.807, 2.05) is 0 Å². The van der Waals surface area contributed by atoms with Gasteiger partial charge in [-0.1, -0.05) is 61.5 Å². The maximum atomic E-state index is 11.1. The third kappa shape index (κ3) is 5.93. The number of allylic oxidation sites excluding steroid dienone is 2. The van der Waals surface area contributed by atoms with E-state index < -0.39 is 0 Å². The number of hydrogen-bond donors (Lipinski definition) is 1. The van der Waals surface area contributed by atoms with Gasteiger partial charge in [0.15, 0.2) is 18.9 Å². The van der Waals surface area contributed by atoms with Crippen LogP contribution in [0.1, 0.15) is 74.4 Å². The van der Waals surface area contributed by atoms with Gasteiger partial charge in [0, 0.05) is 31.0 Å². The fraction of sp³-hybridized carbons (Fsp3) is 0.485. The fourth-order valence-corrected chi connectivity index (χ4v) is 6.14. The Morgan fingerprint density at radius 2 is 1.82 bits per heavy atom. The summed E-state index contributed by atoms with van der Waals surface area (Å²) in [6.45, 7) is 8.43. The summed E-state index contributed by atoms with van der Waals surface area (Å²) in [5, 5.41) is 15.2. The van der Waals surface area contributed by atoms with Crippen LogP contribution in [0, 0.1) is 11.8 Å². The van der Waals surface area contributed by atoms with Crippen LogP contribution < -0.4 is 9.64 Å². The molecule has 1 aliphatic carbocycles. The Balaban J connectivity index is 0.979. The van der Waals surface area contributed by atoms with E-state index >= 15 is 0 Å². The number of aliphatic hydroxyl groups excluding tert-OH is 1. The molecule has 1 unspecified atom stereocenters. The van der Waals surface area contributed by atoms with E-state index in [1.54, 1.807) is 0 Å². The first-order chi connectivity index (χ1) is 19.5. The molecule has 3 aliphatic rings. The van der Waals surface area contributed by atoms with Crippen LogP contribution in [0.15, 0.2) is 59.1 Å². The van der Waals surface area contributed by atoms with Crippen LogP contribution in [-0.2, 0) is 13.0 Å². The van der Waals surface area contributed by atoms with Crippen LogP contribution in [0.2, 0.25) is 0 Å². The van der Waals surface area contributed by atoms with Crippen molar-refractivity contribution in [2.75, 3.05) is 31.1 Å². The summed E-state index contributed by atoms with van der Waals surface area (Å²) in [5.41, 5.74) is 5.37. The molecule has 1 aromatic heterocycles. The maximum absolute atomic E-state index is 11.1. The van der Waals surface area contributed by atoms with E-state index in [1.165, 1.54) is 22.3 Å². The van der Waals surface area contributed by atoms with E-state index in [0.29, 0.717) is 17.8 Å². The number of aromatic nitrogens is 2. The smallest absolute Gasteiger partial charge is 0.337 e. The van der Waals surface area contributed by atoms with Gasteiger partial charge in [-0.2, -0.15) is 9.56 Å². The van der Waals surface area contributed by atoms with Crippen LogP contribution >= 0.6 is 0 Å². The maximum Gasteiger partial charge on any atom is 0.337 e. The molecule has 1 saturated heterocycles. The number of fused-ring (bicyclic) bond motifs is 1. The molecule has 1 N–H and O–H groups in total. The SMILES string of the molecule is CC(C)c1noc(N2CCC(COc3ccc(C4=CCC(C(O)=[N+]5CCc6ccccc6C5)CC4)cc3)CC2)n1. The summed E-state index contributed by atoms with van der Waals surface area (Å²) in [6, 6.07) is 17.8. The van der Waals surface area contributed by atoms with Crippen molar-refractivity contribution in [3.8, 4) is 5.75 Å². The lowest BCUT2D eigenvalue weighted by Gasteiger charge is -2.30. The largest absolute Gasteiger partial charge is 0.493 e. The Hall–Kier alpha value is -3.61.